The van der Waals surface area contributed by atoms with Crippen molar-refractivity contribution in [2.75, 3.05) is 31.6 Å². The molecule has 1 unspecified atom stereocenters. The molecule has 1 fully saturated rings. The van der Waals surface area contributed by atoms with Crippen molar-refractivity contribution in [1.82, 2.24) is 4.90 Å². The van der Waals surface area contributed by atoms with Crippen LogP contribution in [-0.2, 0) is 14.3 Å². The number of carbonyl (C=O) groups excluding carboxylic acids is 2. The number of ether oxygens (including phenoxy) is 2. The summed E-state index contributed by atoms with van der Waals surface area (Å²) in [4.78, 5) is 25.7. The largest absolute Gasteiger partial charge is 0.466 e. The Kier molecular flexibility index (Phi) is 6.87. The zero-order valence-corrected chi connectivity index (χ0v) is 13.5. The lowest BCUT2D eigenvalue weighted by Gasteiger charge is -2.25. The van der Waals surface area contributed by atoms with Crippen LogP contribution in [0, 0.1) is 0 Å². The monoisotopic (exact) mass is 320 g/mol. The van der Waals surface area contributed by atoms with E-state index < -0.39 is 0 Å². The van der Waals surface area contributed by atoms with Gasteiger partial charge in [0, 0.05) is 25.4 Å². The number of nitrogens with one attached hydrogen (secondary N) is 1. The minimum Gasteiger partial charge on any atom is -0.466 e. The number of anilines is 1. The summed E-state index contributed by atoms with van der Waals surface area (Å²) in [5.41, 5.74) is 0.728. The van der Waals surface area contributed by atoms with E-state index in [1.54, 1.807) is 11.8 Å². The maximum absolute atomic E-state index is 12.5. The van der Waals surface area contributed by atoms with Crippen LogP contribution in [0.15, 0.2) is 30.3 Å². The zero-order chi connectivity index (χ0) is 16.5. The number of esters is 1. The smallest absolute Gasteiger partial charge is 0.321 e. The summed E-state index contributed by atoms with van der Waals surface area (Å²) in [5, 5.41) is 2.85. The first-order valence-corrected chi connectivity index (χ1v) is 8.07. The first-order chi connectivity index (χ1) is 11.2. The van der Waals surface area contributed by atoms with Gasteiger partial charge in [-0.1, -0.05) is 18.2 Å². The lowest BCUT2D eigenvalue weighted by Crippen LogP contribution is -2.41. The predicted octanol–water partition coefficient (Wildman–Crippen LogP) is 2.65. The van der Waals surface area contributed by atoms with Crippen LogP contribution in [-0.4, -0.2) is 49.3 Å². The average Bonchev–Trinajstić information content (AvgIpc) is 3.05. The second kappa shape index (κ2) is 9.15. The van der Waals surface area contributed by atoms with Gasteiger partial charge in [0.05, 0.1) is 19.1 Å². The van der Waals surface area contributed by atoms with Crippen molar-refractivity contribution in [1.29, 1.82) is 0 Å². The molecule has 1 saturated heterocycles. The van der Waals surface area contributed by atoms with Crippen molar-refractivity contribution >= 4 is 17.7 Å². The number of benzene rings is 1. The third kappa shape index (κ3) is 5.90. The Hall–Kier alpha value is -2.08. The molecule has 0 bridgehead atoms. The highest BCUT2D eigenvalue weighted by Gasteiger charge is 2.23. The molecule has 2 amide bonds. The number of hydrogen-bond donors (Lipinski definition) is 1. The van der Waals surface area contributed by atoms with E-state index in [1.807, 2.05) is 30.3 Å². The summed E-state index contributed by atoms with van der Waals surface area (Å²) in [7, 11) is 0. The molecule has 1 aliphatic heterocycles. The molecular formula is C17H24N2O4. The minimum absolute atomic E-state index is 0.0405. The molecule has 1 aromatic rings. The Morgan fingerprint density at radius 3 is 2.78 bits per heavy atom. The highest BCUT2D eigenvalue weighted by Crippen LogP contribution is 2.15. The van der Waals surface area contributed by atoms with Crippen molar-refractivity contribution in [3.63, 3.8) is 0 Å². The van der Waals surface area contributed by atoms with Gasteiger partial charge in [0.1, 0.15) is 0 Å². The summed E-state index contributed by atoms with van der Waals surface area (Å²) in [6, 6.07) is 9.04. The summed E-state index contributed by atoms with van der Waals surface area (Å²) < 4.78 is 10.5. The number of nitrogens with zero attached hydrogens (tertiary/aromatic N) is 1. The number of hydrogen-bond acceptors (Lipinski definition) is 4. The van der Waals surface area contributed by atoms with Crippen molar-refractivity contribution in [2.45, 2.75) is 32.3 Å². The fraction of sp³-hybridized carbons (Fsp3) is 0.529. The molecule has 0 saturated carbocycles. The number of carbonyl (C=O) groups is 2. The third-order valence-electron chi connectivity index (χ3n) is 3.65. The van der Waals surface area contributed by atoms with E-state index in [2.05, 4.69) is 5.32 Å². The molecule has 126 valence electrons. The van der Waals surface area contributed by atoms with Crippen LogP contribution in [0.5, 0.6) is 0 Å². The van der Waals surface area contributed by atoms with Crippen LogP contribution < -0.4 is 5.32 Å². The van der Waals surface area contributed by atoms with Gasteiger partial charge in [0.15, 0.2) is 0 Å². The van der Waals surface area contributed by atoms with Gasteiger partial charge in [-0.2, -0.15) is 0 Å². The van der Waals surface area contributed by atoms with E-state index in [0.29, 0.717) is 19.7 Å². The van der Waals surface area contributed by atoms with Crippen LogP contribution >= 0.6 is 0 Å². The predicted molar refractivity (Wildman–Crippen MR) is 87.3 cm³/mol. The van der Waals surface area contributed by atoms with Gasteiger partial charge in [-0.15, -0.1) is 0 Å². The first kappa shape index (κ1) is 17.3. The van der Waals surface area contributed by atoms with Gasteiger partial charge in [-0.05, 0) is 31.9 Å². The second-order valence-corrected chi connectivity index (χ2v) is 5.43. The van der Waals surface area contributed by atoms with Gasteiger partial charge in [0.25, 0.3) is 0 Å². The van der Waals surface area contributed by atoms with Crippen LogP contribution in [0.4, 0.5) is 10.5 Å². The van der Waals surface area contributed by atoms with Crippen LogP contribution in [0.25, 0.3) is 0 Å². The van der Waals surface area contributed by atoms with Gasteiger partial charge < -0.3 is 19.7 Å². The molecule has 2 rings (SSSR count). The van der Waals surface area contributed by atoms with E-state index >= 15 is 0 Å². The van der Waals surface area contributed by atoms with Gasteiger partial charge in [0.2, 0.25) is 0 Å². The third-order valence-corrected chi connectivity index (χ3v) is 3.65. The second-order valence-electron chi connectivity index (χ2n) is 5.43. The van der Waals surface area contributed by atoms with Gasteiger partial charge in [-0.25, -0.2) is 4.79 Å². The molecule has 6 nitrogen and oxygen atoms in total. The van der Waals surface area contributed by atoms with E-state index in [9.17, 15) is 9.59 Å². The van der Waals surface area contributed by atoms with Crippen molar-refractivity contribution < 1.29 is 19.1 Å². The highest BCUT2D eigenvalue weighted by atomic mass is 16.5. The molecule has 6 heteroatoms. The molecule has 0 aliphatic carbocycles. The normalized spacial score (nSPS) is 16.8. The van der Waals surface area contributed by atoms with Crippen molar-refractivity contribution in [3.05, 3.63) is 30.3 Å². The van der Waals surface area contributed by atoms with Crippen LogP contribution in [0.1, 0.15) is 26.2 Å². The minimum atomic E-state index is -0.294. The molecule has 0 aromatic heterocycles. The van der Waals surface area contributed by atoms with Crippen molar-refractivity contribution in [3.8, 4) is 0 Å². The Morgan fingerprint density at radius 1 is 1.35 bits per heavy atom. The standard InChI is InChI=1S/C17H24N2O4/c1-2-22-16(20)10-11-19(13-15-9-6-12-23-15)17(21)18-14-7-4-3-5-8-14/h3-5,7-8,15H,2,6,9-13H2,1H3,(H,18,21). The zero-order valence-electron chi connectivity index (χ0n) is 13.5. The van der Waals surface area contributed by atoms with Crippen LogP contribution in [0.2, 0.25) is 0 Å². The number of amides is 2. The Balaban J connectivity index is 1.93. The maximum Gasteiger partial charge on any atom is 0.321 e. The highest BCUT2D eigenvalue weighted by molar-refractivity contribution is 5.89. The van der Waals surface area contributed by atoms with Crippen molar-refractivity contribution in [2.24, 2.45) is 0 Å². The average molecular weight is 320 g/mol. The van der Waals surface area contributed by atoms with E-state index in [4.69, 9.17) is 9.47 Å². The number of urea groups is 1. The fourth-order valence-corrected chi connectivity index (χ4v) is 2.49. The van der Waals surface area contributed by atoms with E-state index in [1.165, 1.54) is 0 Å². The topological polar surface area (TPSA) is 67.9 Å². The maximum atomic E-state index is 12.5. The molecule has 1 N–H and O–H groups in total. The quantitative estimate of drug-likeness (QED) is 0.784. The first-order valence-electron chi connectivity index (χ1n) is 8.07. The number of para-hydroxylation sites is 1. The SMILES string of the molecule is CCOC(=O)CCN(CC1CCCO1)C(=O)Nc1ccccc1. The molecule has 1 aromatic carbocycles. The Bertz CT molecular complexity index is 501. The van der Waals surface area contributed by atoms with Crippen LogP contribution in [0.3, 0.4) is 0 Å². The van der Waals surface area contributed by atoms with E-state index in [0.717, 1.165) is 25.1 Å². The lowest BCUT2D eigenvalue weighted by molar-refractivity contribution is -0.143. The van der Waals surface area contributed by atoms with Gasteiger partial charge in [-0.3, -0.25) is 4.79 Å². The fourth-order valence-electron chi connectivity index (χ4n) is 2.49. The number of rotatable bonds is 7. The Morgan fingerprint density at radius 2 is 2.13 bits per heavy atom. The van der Waals surface area contributed by atoms with E-state index in [-0.39, 0.29) is 24.5 Å². The summed E-state index contributed by atoms with van der Waals surface area (Å²) in [6.07, 6.45) is 2.17. The molecule has 0 radical (unpaired) electrons. The summed E-state index contributed by atoms with van der Waals surface area (Å²) >= 11 is 0. The molecule has 23 heavy (non-hydrogen) atoms. The molecule has 0 spiro atoms. The molecular weight excluding hydrogens is 296 g/mol. The summed E-state index contributed by atoms with van der Waals surface area (Å²) in [5.74, 6) is -0.294. The molecule has 1 heterocycles. The molecule has 1 atom stereocenters. The lowest BCUT2D eigenvalue weighted by atomic mass is 10.2. The molecule has 1 aliphatic rings. The summed E-state index contributed by atoms with van der Waals surface area (Å²) in [6.45, 7) is 3.65. The Labute approximate surface area is 136 Å². The van der Waals surface area contributed by atoms with Gasteiger partial charge >= 0.3 is 12.0 Å².